The van der Waals surface area contributed by atoms with E-state index in [2.05, 4.69) is 0 Å². The number of aliphatic hydroxyl groups excluding tert-OH is 1. The van der Waals surface area contributed by atoms with Gasteiger partial charge in [-0.05, 0) is 20.3 Å². The highest BCUT2D eigenvalue weighted by Gasteiger charge is 2.42. The molecule has 2 fully saturated rings. The largest absolute Gasteiger partial charge is 0.390 e. The van der Waals surface area contributed by atoms with Crippen LogP contribution in [0.25, 0.3) is 0 Å². The van der Waals surface area contributed by atoms with Crippen LogP contribution in [0.15, 0.2) is 0 Å². The predicted molar refractivity (Wildman–Crippen MR) is 45.3 cm³/mol. The Morgan fingerprint density at radius 3 is 2.92 bits per heavy atom. The molecule has 0 aromatic heterocycles. The molecule has 2 rings (SSSR count). The molecule has 2 heterocycles. The molecule has 13 heavy (non-hydrogen) atoms. The minimum atomic E-state index is -0.594. The normalized spacial score (nSPS) is 44.1. The third-order valence-electron chi connectivity index (χ3n) is 2.51. The van der Waals surface area contributed by atoms with Crippen molar-refractivity contribution in [1.29, 1.82) is 0 Å². The van der Waals surface area contributed by atoms with Gasteiger partial charge in [0.15, 0.2) is 5.79 Å². The monoisotopic (exact) mass is 188 g/mol. The molecule has 2 saturated heterocycles. The van der Waals surface area contributed by atoms with Crippen LogP contribution < -0.4 is 0 Å². The number of aliphatic hydroxyl groups is 1. The lowest BCUT2D eigenvalue weighted by atomic mass is 10.0. The van der Waals surface area contributed by atoms with Crippen molar-refractivity contribution in [2.45, 2.75) is 44.4 Å². The Kier molecular flexibility index (Phi) is 2.32. The molecule has 0 aromatic carbocycles. The first kappa shape index (κ1) is 9.40. The average Bonchev–Trinajstić information content (AvgIpc) is 2.06. The van der Waals surface area contributed by atoms with Gasteiger partial charge >= 0.3 is 0 Å². The van der Waals surface area contributed by atoms with Crippen LogP contribution in [0, 0.1) is 0 Å². The van der Waals surface area contributed by atoms with E-state index in [0.29, 0.717) is 19.6 Å². The predicted octanol–water partition coefficient (Wildman–Crippen LogP) is 0.288. The number of hydrogen-bond acceptors (Lipinski definition) is 4. The van der Waals surface area contributed by atoms with Crippen molar-refractivity contribution in [3.63, 3.8) is 0 Å². The van der Waals surface area contributed by atoms with Gasteiger partial charge in [-0.2, -0.15) is 0 Å². The lowest BCUT2D eigenvalue weighted by Gasteiger charge is -2.44. The highest BCUT2D eigenvalue weighted by molar-refractivity contribution is 4.86. The molecule has 4 nitrogen and oxygen atoms in total. The number of ether oxygens (including phenoxy) is 3. The number of rotatable bonds is 0. The Morgan fingerprint density at radius 1 is 1.38 bits per heavy atom. The Hall–Kier alpha value is -0.160. The van der Waals surface area contributed by atoms with Crippen molar-refractivity contribution in [3.8, 4) is 0 Å². The van der Waals surface area contributed by atoms with Gasteiger partial charge < -0.3 is 19.3 Å². The zero-order chi connectivity index (χ0) is 9.47. The van der Waals surface area contributed by atoms with E-state index in [1.807, 2.05) is 13.8 Å². The minimum absolute atomic E-state index is 0.100. The maximum absolute atomic E-state index is 9.68. The minimum Gasteiger partial charge on any atom is -0.390 e. The Labute approximate surface area is 77.8 Å². The van der Waals surface area contributed by atoms with E-state index < -0.39 is 11.9 Å². The summed E-state index contributed by atoms with van der Waals surface area (Å²) >= 11 is 0. The molecule has 2 aliphatic heterocycles. The smallest absolute Gasteiger partial charge is 0.163 e. The summed E-state index contributed by atoms with van der Waals surface area (Å²) in [5.41, 5.74) is 0. The first-order valence-corrected chi connectivity index (χ1v) is 4.70. The van der Waals surface area contributed by atoms with Crippen LogP contribution >= 0.6 is 0 Å². The first-order chi connectivity index (χ1) is 6.08. The lowest BCUT2D eigenvalue weighted by molar-refractivity contribution is -0.335. The number of fused-ring (bicyclic) bond motifs is 1. The van der Waals surface area contributed by atoms with Crippen molar-refractivity contribution in [1.82, 2.24) is 0 Å². The van der Waals surface area contributed by atoms with Gasteiger partial charge in [0.2, 0.25) is 0 Å². The molecular formula is C9H16O4. The molecule has 2 aliphatic rings. The molecule has 0 radical (unpaired) electrons. The lowest BCUT2D eigenvalue weighted by Crippen LogP contribution is -2.57. The second kappa shape index (κ2) is 3.20. The SMILES string of the molecule is CC1(C)OC[C@H]2OCC[C@H](O)[C@@H]2O1. The summed E-state index contributed by atoms with van der Waals surface area (Å²) in [6.45, 7) is 4.80. The molecule has 0 unspecified atom stereocenters. The van der Waals surface area contributed by atoms with Crippen LogP contribution in [0.3, 0.4) is 0 Å². The van der Waals surface area contributed by atoms with Gasteiger partial charge in [-0.1, -0.05) is 0 Å². The standard InChI is InChI=1S/C9H16O4/c1-9(2)12-5-7-8(13-9)6(10)3-4-11-7/h6-8,10H,3-5H2,1-2H3/t6-,7+,8-/m0/s1. The summed E-state index contributed by atoms with van der Waals surface area (Å²) in [6.07, 6.45) is -0.0896. The Balaban J connectivity index is 2.05. The first-order valence-electron chi connectivity index (χ1n) is 4.70. The topological polar surface area (TPSA) is 47.9 Å². The van der Waals surface area contributed by atoms with E-state index >= 15 is 0 Å². The van der Waals surface area contributed by atoms with Crippen molar-refractivity contribution in [3.05, 3.63) is 0 Å². The van der Waals surface area contributed by atoms with Crippen LogP contribution in [0.5, 0.6) is 0 Å². The van der Waals surface area contributed by atoms with Crippen LogP contribution in [-0.2, 0) is 14.2 Å². The molecule has 0 amide bonds. The van der Waals surface area contributed by atoms with Crippen LogP contribution in [0.1, 0.15) is 20.3 Å². The molecule has 76 valence electrons. The van der Waals surface area contributed by atoms with Crippen LogP contribution in [0.2, 0.25) is 0 Å². The summed E-state index contributed by atoms with van der Waals surface area (Å²) in [5, 5.41) is 9.68. The molecule has 0 aliphatic carbocycles. The quantitative estimate of drug-likeness (QED) is 0.593. The molecule has 0 saturated carbocycles. The second-order valence-corrected chi connectivity index (χ2v) is 4.06. The molecule has 0 spiro atoms. The molecule has 0 aromatic rings. The highest BCUT2D eigenvalue weighted by atomic mass is 16.7. The van der Waals surface area contributed by atoms with Gasteiger partial charge in [0.25, 0.3) is 0 Å². The molecule has 4 heteroatoms. The summed E-state index contributed by atoms with van der Waals surface area (Å²) in [5.74, 6) is -0.594. The summed E-state index contributed by atoms with van der Waals surface area (Å²) in [6, 6.07) is 0. The molecule has 3 atom stereocenters. The fraction of sp³-hybridized carbons (Fsp3) is 1.00. The Bertz CT molecular complexity index is 192. The average molecular weight is 188 g/mol. The van der Waals surface area contributed by atoms with Gasteiger partial charge in [0.1, 0.15) is 12.2 Å². The second-order valence-electron chi connectivity index (χ2n) is 4.06. The van der Waals surface area contributed by atoms with E-state index in [9.17, 15) is 5.11 Å². The van der Waals surface area contributed by atoms with Gasteiger partial charge in [0, 0.05) is 6.61 Å². The van der Waals surface area contributed by atoms with E-state index in [-0.39, 0.29) is 12.2 Å². The van der Waals surface area contributed by atoms with Crippen molar-refractivity contribution in [2.24, 2.45) is 0 Å². The molecule has 0 bridgehead atoms. The van der Waals surface area contributed by atoms with E-state index in [1.54, 1.807) is 0 Å². The van der Waals surface area contributed by atoms with Gasteiger partial charge in [-0.25, -0.2) is 0 Å². The van der Waals surface area contributed by atoms with Gasteiger partial charge in [0.05, 0.1) is 12.7 Å². The van der Waals surface area contributed by atoms with Gasteiger partial charge in [-0.3, -0.25) is 0 Å². The highest BCUT2D eigenvalue weighted by Crippen LogP contribution is 2.29. The van der Waals surface area contributed by atoms with Crippen molar-refractivity contribution >= 4 is 0 Å². The fourth-order valence-electron chi connectivity index (χ4n) is 1.79. The third-order valence-corrected chi connectivity index (χ3v) is 2.51. The third kappa shape index (κ3) is 1.86. The maximum Gasteiger partial charge on any atom is 0.163 e. The fourth-order valence-corrected chi connectivity index (χ4v) is 1.79. The maximum atomic E-state index is 9.68. The zero-order valence-corrected chi connectivity index (χ0v) is 8.03. The van der Waals surface area contributed by atoms with Crippen molar-refractivity contribution in [2.75, 3.05) is 13.2 Å². The summed E-state index contributed by atoms with van der Waals surface area (Å²) < 4.78 is 16.5. The van der Waals surface area contributed by atoms with E-state index in [0.717, 1.165) is 0 Å². The van der Waals surface area contributed by atoms with Gasteiger partial charge in [-0.15, -0.1) is 0 Å². The summed E-state index contributed by atoms with van der Waals surface area (Å²) in [7, 11) is 0. The molecule has 1 N–H and O–H groups in total. The van der Waals surface area contributed by atoms with Crippen LogP contribution in [0.4, 0.5) is 0 Å². The Morgan fingerprint density at radius 2 is 2.15 bits per heavy atom. The number of hydrogen-bond donors (Lipinski definition) is 1. The van der Waals surface area contributed by atoms with Crippen LogP contribution in [-0.4, -0.2) is 42.4 Å². The van der Waals surface area contributed by atoms with Crippen molar-refractivity contribution < 1.29 is 19.3 Å². The summed E-state index contributed by atoms with van der Waals surface area (Å²) in [4.78, 5) is 0. The van der Waals surface area contributed by atoms with E-state index in [1.165, 1.54) is 0 Å². The zero-order valence-electron chi connectivity index (χ0n) is 8.03. The van der Waals surface area contributed by atoms with E-state index in [4.69, 9.17) is 14.2 Å². The molecular weight excluding hydrogens is 172 g/mol.